The van der Waals surface area contributed by atoms with Gasteiger partial charge in [-0.2, -0.15) is 0 Å². The molecule has 0 unspecified atom stereocenters. The van der Waals surface area contributed by atoms with Gasteiger partial charge >= 0.3 is 0 Å². The van der Waals surface area contributed by atoms with Crippen LogP contribution in [0.5, 0.6) is 0 Å². The standard InChI is InChI=1S/C86H146O6Si6/c1-25-26-27-28-29-33-36-51-65-75(91-96(21,22)84(6,7)8)81-79(93(15,16)71-57-43-38-44-58-71)67-77(87-81)78-68-80(94(17,18)72-59-45-39-46-60-72)82(88-78)76(92-97(23,24)85(9,10)11)66-52-37-34-31-30-32-35-42-55-70(90-95(19,20)83(3,4)5)56-53-54-69(2)89-98(86(12,13)14,73-61-47-40-48-62-73)74-63-49-41-50-64-74/h38-41,43-50,57-64,69-70,75-82H,25-37,42,51-52,55-56,65-68H2,1-24H3/t69-,70-,75-,76-,77-,78-,79-,80-,81+,82+/m1/s1. The van der Waals surface area contributed by atoms with E-state index in [0.29, 0.717) is 11.1 Å². The molecule has 0 aliphatic carbocycles. The molecule has 10 atom stereocenters. The number of hydrogen-bond donors (Lipinski definition) is 0. The molecule has 2 fully saturated rings. The first kappa shape index (κ1) is 84.4. The fourth-order valence-electron chi connectivity index (χ4n) is 15.3. The van der Waals surface area contributed by atoms with E-state index in [-0.39, 0.29) is 69.0 Å². The third-order valence-electron chi connectivity index (χ3n) is 24.8. The molecule has 0 aromatic heterocycles. The second-order valence-electron chi connectivity index (χ2n) is 37.1. The van der Waals surface area contributed by atoms with Crippen molar-refractivity contribution in [3.63, 3.8) is 0 Å². The van der Waals surface area contributed by atoms with Gasteiger partial charge in [-0.3, -0.25) is 0 Å². The molecule has 2 saturated heterocycles. The normalized spacial score (nSPS) is 20.8. The SMILES string of the molecule is CCCCCCCCCC[C@@H](O[Si](C)(C)C(C)(C)C)[C@@H]1O[C@@H]([C@H]2C[C@@H]([Si](C)(C)c3ccccc3)[C@H]([C@@H](CCCCCCCCCC[C@H](CC#C[C@@H](C)O[Si](c3ccccc3)(c3ccccc3)C(C)(C)C)O[Si](C)(C)C(C)(C)C)O[Si](C)(C)C(C)(C)C)O2)C[C@H]1[Si](C)(C)c1ccccc1. The van der Waals surface area contributed by atoms with Gasteiger partial charge in [0.25, 0.3) is 8.32 Å². The first-order chi connectivity index (χ1) is 45.8. The summed E-state index contributed by atoms with van der Waals surface area (Å²) in [4.78, 5) is 0. The lowest BCUT2D eigenvalue weighted by molar-refractivity contribution is -0.107. The van der Waals surface area contributed by atoms with Crippen molar-refractivity contribution in [1.82, 2.24) is 0 Å². The van der Waals surface area contributed by atoms with Crippen molar-refractivity contribution in [2.24, 2.45) is 0 Å². The van der Waals surface area contributed by atoms with E-state index in [2.05, 4.69) is 296 Å². The first-order valence-electron chi connectivity index (χ1n) is 39.5. The Labute approximate surface area is 610 Å². The van der Waals surface area contributed by atoms with Crippen molar-refractivity contribution >= 4 is 70.2 Å². The second kappa shape index (κ2) is 37.0. The summed E-state index contributed by atoms with van der Waals surface area (Å²) in [5.41, 5.74) is 0.790. The van der Waals surface area contributed by atoms with E-state index in [1.165, 1.54) is 111 Å². The molecule has 12 heteroatoms. The summed E-state index contributed by atoms with van der Waals surface area (Å²) in [6.45, 7) is 58.3. The lowest BCUT2D eigenvalue weighted by atomic mass is 9.99. The van der Waals surface area contributed by atoms with E-state index < -0.39 is 49.4 Å². The minimum atomic E-state index is -2.73. The Morgan fingerprint density at radius 2 is 0.694 bits per heavy atom. The maximum absolute atomic E-state index is 7.95. The molecule has 6 rings (SSSR count). The molecule has 0 saturated carbocycles. The number of unbranched alkanes of at least 4 members (excludes halogenated alkanes) is 14. The van der Waals surface area contributed by atoms with Gasteiger partial charge in [0.1, 0.15) is 6.10 Å². The smallest absolute Gasteiger partial charge is 0.262 e. The second-order valence-corrected chi connectivity index (χ2v) is 65.1. The molecular weight excluding hydrogens is 1300 g/mol. The highest BCUT2D eigenvalue weighted by Gasteiger charge is 2.58. The fourth-order valence-corrected chi connectivity index (χ4v) is 30.8. The van der Waals surface area contributed by atoms with Gasteiger partial charge in [-0.05, 0) is 120 Å². The Bertz CT molecular complexity index is 2930. The number of ether oxygens (including phenoxy) is 2. The van der Waals surface area contributed by atoms with E-state index in [1.54, 1.807) is 0 Å². The van der Waals surface area contributed by atoms with Crippen molar-refractivity contribution in [2.75, 3.05) is 0 Å². The van der Waals surface area contributed by atoms with Crippen LogP contribution in [0.25, 0.3) is 0 Å². The lowest BCUT2D eigenvalue weighted by Crippen LogP contribution is -2.67. The average Bonchev–Trinajstić information content (AvgIpc) is 1.25. The number of rotatable bonds is 38. The molecule has 2 aliphatic heterocycles. The van der Waals surface area contributed by atoms with Gasteiger partial charge in [0.05, 0.1) is 58.9 Å². The van der Waals surface area contributed by atoms with Crippen LogP contribution >= 0.6 is 0 Å². The fraction of sp³-hybridized carbons (Fsp3) is 0.698. The Morgan fingerprint density at radius 1 is 0.388 bits per heavy atom. The minimum Gasteiger partial charge on any atom is -0.413 e. The molecule has 0 spiro atoms. The lowest BCUT2D eigenvalue weighted by Gasteiger charge is -2.44. The van der Waals surface area contributed by atoms with E-state index in [9.17, 15) is 0 Å². The molecule has 6 nitrogen and oxygen atoms in total. The topological polar surface area (TPSA) is 55.4 Å². The van der Waals surface area contributed by atoms with Gasteiger partial charge in [0, 0.05) is 6.42 Å². The summed E-state index contributed by atoms with van der Waals surface area (Å²) >= 11 is 0. The van der Waals surface area contributed by atoms with Crippen molar-refractivity contribution in [3.8, 4) is 11.8 Å². The number of hydrogen-bond acceptors (Lipinski definition) is 6. The maximum atomic E-state index is 7.95. The van der Waals surface area contributed by atoms with Crippen LogP contribution < -0.4 is 20.7 Å². The quantitative estimate of drug-likeness (QED) is 0.0253. The zero-order valence-corrected chi connectivity index (χ0v) is 73.3. The molecule has 0 bridgehead atoms. The molecule has 98 heavy (non-hydrogen) atoms. The van der Waals surface area contributed by atoms with Gasteiger partial charge in [0.2, 0.25) is 0 Å². The molecule has 550 valence electrons. The van der Waals surface area contributed by atoms with E-state index in [1.807, 2.05) is 0 Å². The molecule has 0 N–H and O–H groups in total. The zero-order chi connectivity index (χ0) is 72.4. The Morgan fingerprint density at radius 3 is 1.02 bits per heavy atom. The highest BCUT2D eigenvalue weighted by atomic mass is 28.4. The van der Waals surface area contributed by atoms with Crippen LogP contribution in [0.4, 0.5) is 0 Å². The third kappa shape index (κ3) is 23.0. The van der Waals surface area contributed by atoms with Crippen LogP contribution in [0.15, 0.2) is 121 Å². The average molecular weight is 1440 g/mol. The zero-order valence-electron chi connectivity index (χ0n) is 67.3. The minimum absolute atomic E-state index is 0.00182. The molecule has 0 amide bonds. The van der Waals surface area contributed by atoms with E-state index in [0.717, 1.165) is 51.4 Å². The van der Waals surface area contributed by atoms with Crippen molar-refractivity contribution in [1.29, 1.82) is 0 Å². The third-order valence-corrected chi connectivity index (χ3v) is 51.9. The highest BCUT2D eigenvalue weighted by molar-refractivity contribution is 6.99. The van der Waals surface area contributed by atoms with Gasteiger partial charge in [-0.25, -0.2) is 0 Å². The predicted molar refractivity (Wildman–Crippen MR) is 441 cm³/mol. The maximum Gasteiger partial charge on any atom is 0.262 e. The Kier molecular flexibility index (Phi) is 31.8. The molecule has 2 heterocycles. The van der Waals surface area contributed by atoms with Gasteiger partial charge < -0.3 is 27.2 Å². The van der Waals surface area contributed by atoms with E-state index in [4.69, 9.17) is 27.2 Å². The largest absolute Gasteiger partial charge is 0.413 e. The molecule has 2 aliphatic rings. The summed E-state index contributed by atoms with van der Waals surface area (Å²) in [6, 6.07) is 45.0. The van der Waals surface area contributed by atoms with Gasteiger partial charge in [0.15, 0.2) is 25.0 Å². The molecule has 4 aromatic rings. The monoisotopic (exact) mass is 1440 g/mol. The summed E-state index contributed by atoms with van der Waals surface area (Å²) in [5.74, 6) is 7.28. The van der Waals surface area contributed by atoms with E-state index >= 15 is 0 Å². The molecule has 4 aromatic carbocycles. The van der Waals surface area contributed by atoms with Crippen LogP contribution in [-0.4, -0.2) is 98.2 Å². The van der Waals surface area contributed by atoms with Crippen LogP contribution in [0, 0.1) is 11.8 Å². The first-order valence-corrected chi connectivity index (χ1v) is 56.3. The van der Waals surface area contributed by atoms with Crippen LogP contribution in [0.2, 0.25) is 96.7 Å². The van der Waals surface area contributed by atoms with Crippen molar-refractivity contribution in [2.45, 2.75) is 384 Å². The van der Waals surface area contributed by atoms with Gasteiger partial charge in [-0.15, -0.1) is 0 Å². The summed E-state index contributed by atoms with van der Waals surface area (Å²) in [5, 5.41) is 5.82. The Hall–Kier alpha value is -2.50. The van der Waals surface area contributed by atoms with Crippen LogP contribution in [-0.2, 0) is 27.2 Å². The number of benzene rings is 4. The molecular formula is C86H146O6Si6. The highest BCUT2D eigenvalue weighted by Crippen LogP contribution is 2.52. The van der Waals surface area contributed by atoms with Crippen LogP contribution in [0.1, 0.15) is 238 Å². The van der Waals surface area contributed by atoms with Crippen LogP contribution in [0.3, 0.4) is 0 Å². The van der Waals surface area contributed by atoms with Gasteiger partial charge in [-0.1, -0.05) is 362 Å². The van der Waals surface area contributed by atoms with Crippen molar-refractivity contribution < 1.29 is 27.2 Å². The summed E-state index contributed by atoms with van der Waals surface area (Å²) in [6.07, 6.45) is 26.3. The summed E-state index contributed by atoms with van der Waals surface area (Å²) in [7, 11) is -13.4. The predicted octanol–water partition coefficient (Wildman–Crippen LogP) is 23.2. The Balaban J connectivity index is 1.16. The summed E-state index contributed by atoms with van der Waals surface area (Å²) < 4.78 is 46.0. The molecule has 0 radical (unpaired) electrons. The van der Waals surface area contributed by atoms with Crippen molar-refractivity contribution in [3.05, 3.63) is 121 Å².